The second-order valence-electron chi connectivity index (χ2n) is 6.77. The summed E-state index contributed by atoms with van der Waals surface area (Å²) in [4.78, 5) is 10.9. The molecule has 4 heterocycles. The summed E-state index contributed by atoms with van der Waals surface area (Å²) in [5.41, 5.74) is 3.64. The molecule has 0 aliphatic carbocycles. The van der Waals surface area contributed by atoms with Crippen LogP contribution in [0.5, 0.6) is 5.75 Å². The maximum absolute atomic E-state index is 9.02. The molecule has 0 atom stereocenters. The fourth-order valence-corrected chi connectivity index (χ4v) is 4.38. The topological polar surface area (TPSA) is 95.6 Å². The maximum Gasteiger partial charge on any atom is 0.225 e. The van der Waals surface area contributed by atoms with Crippen LogP contribution in [0, 0.1) is 11.3 Å². The zero-order valence-electron chi connectivity index (χ0n) is 15.6. The molecule has 0 fully saturated rings. The monoisotopic (exact) mass is 439 g/mol. The fourth-order valence-electron chi connectivity index (χ4n) is 3.94. The second-order valence-corrected chi connectivity index (χ2v) is 7.56. The van der Waals surface area contributed by atoms with Gasteiger partial charge in [0, 0.05) is 54.6 Å². The van der Waals surface area contributed by atoms with Gasteiger partial charge in [-0.3, -0.25) is 5.10 Å². The van der Waals surface area contributed by atoms with E-state index in [1.165, 1.54) is 0 Å². The molecule has 150 valence electrons. The molecule has 0 spiro atoms. The van der Waals surface area contributed by atoms with Gasteiger partial charge >= 0.3 is 0 Å². The molecule has 0 radical (unpaired) electrons. The summed E-state index contributed by atoms with van der Waals surface area (Å²) < 4.78 is 7.90. The third-order valence-corrected chi connectivity index (χ3v) is 5.92. The number of rotatable bonds is 4. The highest BCUT2D eigenvalue weighted by atomic mass is 35.5. The molecule has 0 saturated carbocycles. The molecule has 0 saturated heterocycles. The largest absolute Gasteiger partial charge is 0.478 e. The lowest BCUT2D eigenvalue weighted by Gasteiger charge is -2.29. The van der Waals surface area contributed by atoms with Gasteiger partial charge in [-0.05, 0) is 6.07 Å². The van der Waals surface area contributed by atoms with Crippen molar-refractivity contribution in [3.05, 3.63) is 52.7 Å². The predicted octanol–water partition coefficient (Wildman–Crippen LogP) is 4.05. The molecule has 1 aliphatic rings. The summed E-state index contributed by atoms with van der Waals surface area (Å²) in [6.07, 6.45) is 7.04. The molecule has 5 rings (SSSR count). The maximum atomic E-state index is 9.02. The Morgan fingerprint density at radius 2 is 2.07 bits per heavy atom. The van der Waals surface area contributed by atoms with Gasteiger partial charge in [0.25, 0.3) is 0 Å². The number of hydrogen-bond donors (Lipinski definition) is 1. The van der Waals surface area contributed by atoms with Crippen molar-refractivity contribution in [3.63, 3.8) is 0 Å². The molecule has 1 N–H and O–H groups in total. The van der Waals surface area contributed by atoms with E-state index in [9.17, 15) is 0 Å². The van der Waals surface area contributed by atoms with Crippen molar-refractivity contribution in [3.8, 4) is 22.9 Å². The minimum atomic E-state index is -0.0949. The van der Waals surface area contributed by atoms with E-state index in [1.807, 2.05) is 12.3 Å². The number of nitrogens with zero attached hydrogens (tertiary/aromatic N) is 6. The third kappa shape index (κ3) is 2.95. The van der Waals surface area contributed by atoms with E-state index in [-0.39, 0.29) is 6.61 Å². The number of anilines is 1. The SMILES string of the molecule is N#CCOc1cc(Cl)c(Cl)c2c1c(-c1cn[nH]c1)c1n2CCN(c2ncccn2)C1. The van der Waals surface area contributed by atoms with Gasteiger partial charge in [-0.15, -0.1) is 0 Å². The first-order chi connectivity index (χ1) is 14.7. The average molecular weight is 440 g/mol. The Balaban J connectivity index is 1.78. The Morgan fingerprint density at radius 1 is 1.23 bits per heavy atom. The molecular formula is C20H15Cl2N7O. The van der Waals surface area contributed by atoms with Gasteiger partial charge in [0.05, 0.1) is 33.7 Å². The van der Waals surface area contributed by atoms with Crippen LogP contribution in [0.4, 0.5) is 5.95 Å². The Bertz CT molecular complexity index is 1260. The van der Waals surface area contributed by atoms with E-state index in [2.05, 4.69) is 29.6 Å². The molecule has 30 heavy (non-hydrogen) atoms. The summed E-state index contributed by atoms with van der Waals surface area (Å²) in [5, 5.41) is 17.7. The predicted molar refractivity (Wildman–Crippen MR) is 114 cm³/mol. The number of halogens is 2. The van der Waals surface area contributed by atoms with Gasteiger partial charge in [-0.2, -0.15) is 10.4 Å². The first kappa shape index (κ1) is 18.7. The highest BCUT2D eigenvalue weighted by Crippen LogP contribution is 2.47. The van der Waals surface area contributed by atoms with Crippen molar-refractivity contribution in [2.75, 3.05) is 18.1 Å². The second kappa shape index (κ2) is 7.52. The van der Waals surface area contributed by atoms with E-state index < -0.39 is 0 Å². The molecule has 1 aliphatic heterocycles. The van der Waals surface area contributed by atoms with Crippen molar-refractivity contribution in [2.24, 2.45) is 0 Å². The highest BCUT2D eigenvalue weighted by molar-refractivity contribution is 6.45. The molecule has 0 amide bonds. The van der Waals surface area contributed by atoms with Crippen molar-refractivity contribution in [1.82, 2.24) is 24.7 Å². The molecule has 8 nitrogen and oxygen atoms in total. The summed E-state index contributed by atoms with van der Waals surface area (Å²) in [6, 6.07) is 5.47. The minimum absolute atomic E-state index is 0.0949. The van der Waals surface area contributed by atoms with Crippen LogP contribution in [0.25, 0.3) is 22.0 Å². The third-order valence-electron chi connectivity index (χ3n) is 5.14. The van der Waals surface area contributed by atoms with Crippen LogP contribution in [0.15, 0.2) is 36.9 Å². The van der Waals surface area contributed by atoms with Crippen molar-refractivity contribution >= 4 is 40.1 Å². The van der Waals surface area contributed by atoms with Crippen molar-refractivity contribution in [2.45, 2.75) is 13.1 Å². The van der Waals surface area contributed by atoms with Gasteiger partial charge < -0.3 is 14.2 Å². The molecule has 3 aromatic heterocycles. The zero-order chi connectivity index (χ0) is 20.7. The number of benzene rings is 1. The molecule has 0 unspecified atom stereocenters. The number of nitriles is 1. The van der Waals surface area contributed by atoms with E-state index >= 15 is 0 Å². The number of nitrogens with one attached hydrogen (secondary N) is 1. The number of fused-ring (bicyclic) bond motifs is 3. The summed E-state index contributed by atoms with van der Waals surface area (Å²) in [5.74, 6) is 1.18. The van der Waals surface area contributed by atoms with Gasteiger partial charge in [-0.1, -0.05) is 23.2 Å². The van der Waals surface area contributed by atoms with Crippen LogP contribution in [-0.2, 0) is 13.1 Å². The molecule has 4 aromatic rings. The van der Waals surface area contributed by atoms with Crippen LogP contribution in [-0.4, -0.2) is 37.9 Å². The first-order valence-corrected chi connectivity index (χ1v) is 9.98. The highest BCUT2D eigenvalue weighted by Gasteiger charge is 2.30. The Labute approximate surface area is 181 Å². The average Bonchev–Trinajstić information content (AvgIpc) is 3.41. The first-order valence-electron chi connectivity index (χ1n) is 9.23. The number of H-pyrrole nitrogens is 1. The van der Waals surface area contributed by atoms with E-state index in [1.54, 1.807) is 30.7 Å². The van der Waals surface area contributed by atoms with Crippen LogP contribution in [0.2, 0.25) is 10.0 Å². The van der Waals surface area contributed by atoms with Crippen LogP contribution >= 0.6 is 23.2 Å². The number of aromatic amines is 1. The normalized spacial score (nSPS) is 13.3. The lowest BCUT2D eigenvalue weighted by molar-refractivity contribution is 0.372. The molecular weight excluding hydrogens is 425 g/mol. The fraction of sp³-hybridized carbons (Fsp3) is 0.200. The van der Waals surface area contributed by atoms with E-state index in [4.69, 9.17) is 33.2 Å². The Hall–Kier alpha value is -3.28. The Kier molecular flexibility index (Phi) is 4.69. The summed E-state index contributed by atoms with van der Waals surface area (Å²) in [6.45, 7) is 1.86. The quantitative estimate of drug-likeness (QED) is 0.515. The zero-order valence-corrected chi connectivity index (χ0v) is 17.2. The van der Waals surface area contributed by atoms with Crippen LogP contribution in [0.1, 0.15) is 5.69 Å². The van der Waals surface area contributed by atoms with Gasteiger partial charge in [-0.25, -0.2) is 9.97 Å². The van der Waals surface area contributed by atoms with Crippen molar-refractivity contribution in [1.29, 1.82) is 5.26 Å². The lowest BCUT2D eigenvalue weighted by Crippen LogP contribution is -2.34. The van der Waals surface area contributed by atoms with E-state index in [0.717, 1.165) is 27.7 Å². The number of aromatic nitrogens is 5. The number of ether oxygens (including phenoxy) is 1. The van der Waals surface area contributed by atoms with Gasteiger partial charge in [0.1, 0.15) is 11.8 Å². The molecule has 0 bridgehead atoms. The summed E-state index contributed by atoms with van der Waals surface area (Å²) >= 11 is 13.1. The Morgan fingerprint density at radius 3 is 2.80 bits per heavy atom. The van der Waals surface area contributed by atoms with Crippen molar-refractivity contribution < 1.29 is 4.74 Å². The summed E-state index contributed by atoms with van der Waals surface area (Å²) in [7, 11) is 0. The van der Waals surface area contributed by atoms with Crippen LogP contribution < -0.4 is 9.64 Å². The number of hydrogen-bond acceptors (Lipinski definition) is 6. The molecule has 1 aromatic carbocycles. The van der Waals surface area contributed by atoms with Crippen LogP contribution in [0.3, 0.4) is 0 Å². The smallest absolute Gasteiger partial charge is 0.225 e. The van der Waals surface area contributed by atoms with Gasteiger partial charge in [0.15, 0.2) is 6.61 Å². The lowest BCUT2D eigenvalue weighted by atomic mass is 10.0. The van der Waals surface area contributed by atoms with E-state index in [0.29, 0.717) is 41.4 Å². The molecule has 10 heteroatoms. The minimum Gasteiger partial charge on any atom is -0.478 e. The standard InChI is InChI=1S/C20H15Cl2N7O/c21-13-8-15(30-7-2-23)17-16(12-9-26-27-10-12)14-11-28(20-24-3-1-4-25-20)5-6-29(14)19(17)18(13)22/h1,3-4,8-10H,5-7,11H2,(H,26,27). The van der Waals surface area contributed by atoms with Gasteiger partial charge in [0.2, 0.25) is 5.95 Å².